The molecule has 0 atom stereocenters. The Labute approximate surface area is 174 Å². The fraction of sp³-hybridized carbons (Fsp3) is 0.640. The Balaban J connectivity index is 1.88. The van der Waals surface area contributed by atoms with Gasteiger partial charge in [-0.15, -0.1) is 0 Å². The number of benzene rings is 1. The zero-order valence-electron chi connectivity index (χ0n) is 18.2. The van der Waals surface area contributed by atoms with Gasteiger partial charge < -0.3 is 9.15 Å². The summed E-state index contributed by atoms with van der Waals surface area (Å²) in [6.45, 7) is 4.84. The summed E-state index contributed by atoms with van der Waals surface area (Å²) in [6, 6.07) is 5.18. The molecule has 0 fully saturated rings. The Morgan fingerprint density at radius 2 is 1.48 bits per heavy atom. The zero-order chi connectivity index (χ0) is 20.9. The molecule has 0 saturated heterocycles. The van der Waals surface area contributed by atoms with E-state index in [-0.39, 0.29) is 11.1 Å². The summed E-state index contributed by atoms with van der Waals surface area (Å²) in [6.07, 6.45) is 14.8. The van der Waals surface area contributed by atoms with Crippen LogP contribution in [0.15, 0.2) is 27.4 Å². The minimum atomic E-state index is -0.606. The SMILES string of the molecule is CCCCCCCCCCc1cc2ccc(OCCCCCC)c(F)c2c(=O)o1. The van der Waals surface area contributed by atoms with Gasteiger partial charge in [0.25, 0.3) is 0 Å². The van der Waals surface area contributed by atoms with E-state index in [1.54, 1.807) is 18.2 Å². The van der Waals surface area contributed by atoms with Crippen molar-refractivity contribution in [2.75, 3.05) is 6.61 Å². The van der Waals surface area contributed by atoms with Crippen LogP contribution < -0.4 is 10.4 Å². The molecule has 2 rings (SSSR count). The molecule has 0 N–H and O–H groups in total. The maximum atomic E-state index is 14.7. The quantitative estimate of drug-likeness (QED) is 0.287. The van der Waals surface area contributed by atoms with Gasteiger partial charge in [-0.05, 0) is 30.4 Å². The highest BCUT2D eigenvalue weighted by molar-refractivity contribution is 5.83. The minimum absolute atomic E-state index is 0.00395. The van der Waals surface area contributed by atoms with Crippen LogP contribution in [0.4, 0.5) is 4.39 Å². The molecule has 0 spiro atoms. The lowest BCUT2D eigenvalue weighted by atomic mass is 10.1. The molecule has 0 aliphatic carbocycles. The van der Waals surface area contributed by atoms with Crippen molar-refractivity contribution in [2.45, 2.75) is 97.3 Å². The maximum absolute atomic E-state index is 14.7. The lowest BCUT2D eigenvalue weighted by molar-refractivity contribution is 0.291. The number of hydrogen-bond acceptors (Lipinski definition) is 3. The van der Waals surface area contributed by atoms with Crippen molar-refractivity contribution in [3.05, 3.63) is 40.2 Å². The van der Waals surface area contributed by atoms with Crippen LogP contribution in [0.1, 0.15) is 96.7 Å². The first kappa shape index (κ1) is 23.4. The number of ether oxygens (including phenoxy) is 1. The summed E-state index contributed by atoms with van der Waals surface area (Å²) >= 11 is 0. The average molecular weight is 405 g/mol. The minimum Gasteiger partial charge on any atom is -0.490 e. The third kappa shape index (κ3) is 7.83. The molecule has 0 aliphatic heterocycles. The van der Waals surface area contributed by atoms with E-state index in [4.69, 9.17) is 9.15 Å². The Hall–Kier alpha value is -1.84. The van der Waals surface area contributed by atoms with E-state index < -0.39 is 11.4 Å². The third-order valence-electron chi connectivity index (χ3n) is 5.42. The Morgan fingerprint density at radius 1 is 0.862 bits per heavy atom. The van der Waals surface area contributed by atoms with Crippen molar-refractivity contribution in [1.29, 1.82) is 0 Å². The van der Waals surface area contributed by atoms with Gasteiger partial charge in [-0.3, -0.25) is 0 Å². The van der Waals surface area contributed by atoms with E-state index in [1.165, 1.54) is 38.5 Å². The van der Waals surface area contributed by atoms with E-state index in [9.17, 15) is 9.18 Å². The molecule has 4 heteroatoms. The van der Waals surface area contributed by atoms with Gasteiger partial charge in [0.2, 0.25) is 0 Å². The molecule has 0 bridgehead atoms. The van der Waals surface area contributed by atoms with Gasteiger partial charge in [0.15, 0.2) is 11.6 Å². The molecule has 0 aliphatic rings. The van der Waals surface area contributed by atoms with Crippen LogP contribution in [0.5, 0.6) is 5.75 Å². The number of unbranched alkanes of at least 4 members (excludes halogenated alkanes) is 10. The summed E-state index contributed by atoms with van der Waals surface area (Å²) < 4.78 is 25.7. The molecule has 29 heavy (non-hydrogen) atoms. The summed E-state index contributed by atoms with van der Waals surface area (Å²) in [4.78, 5) is 12.4. The molecule has 3 nitrogen and oxygen atoms in total. The molecule has 0 radical (unpaired) electrons. The molecule has 0 amide bonds. The monoisotopic (exact) mass is 404 g/mol. The Kier molecular flexibility index (Phi) is 10.8. The topological polar surface area (TPSA) is 39.4 Å². The highest BCUT2D eigenvalue weighted by Gasteiger charge is 2.14. The maximum Gasteiger partial charge on any atom is 0.346 e. The lowest BCUT2D eigenvalue weighted by Crippen LogP contribution is -2.07. The average Bonchev–Trinajstić information content (AvgIpc) is 2.71. The third-order valence-corrected chi connectivity index (χ3v) is 5.42. The van der Waals surface area contributed by atoms with E-state index in [0.717, 1.165) is 44.9 Å². The summed E-state index contributed by atoms with van der Waals surface area (Å²) in [5, 5.41) is 0.586. The number of aryl methyl sites for hydroxylation is 1. The number of rotatable bonds is 15. The lowest BCUT2D eigenvalue weighted by Gasteiger charge is -2.09. The van der Waals surface area contributed by atoms with Gasteiger partial charge in [-0.25, -0.2) is 9.18 Å². The van der Waals surface area contributed by atoms with Crippen molar-refractivity contribution in [3.8, 4) is 5.75 Å². The van der Waals surface area contributed by atoms with Crippen LogP contribution in [-0.4, -0.2) is 6.61 Å². The van der Waals surface area contributed by atoms with Crippen LogP contribution in [0.3, 0.4) is 0 Å². The fourth-order valence-corrected chi connectivity index (χ4v) is 3.65. The molecule has 0 saturated carbocycles. The zero-order valence-corrected chi connectivity index (χ0v) is 18.2. The molecule has 1 aromatic carbocycles. The normalized spacial score (nSPS) is 11.3. The van der Waals surface area contributed by atoms with Crippen molar-refractivity contribution >= 4 is 10.8 Å². The van der Waals surface area contributed by atoms with Crippen LogP contribution in [0, 0.1) is 5.82 Å². The molecular formula is C25H37FO3. The molecule has 162 valence electrons. The van der Waals surface area contributed by atoms with Gasteiger partial charge in [0.05, 0.1) is 6.61 Å². The number of halogens is 1. The van der Waals surface area contributed by atoms with Crippen LogP contribution in [0.2, 0.25) is 0 Å². The second-order valence-electron chi connectivity index (χ2n) is 7.98. The van der Waals surface area contributed by atoms with Crippen LogP contribution in [-0.2, 0) is 6.42 Å². The predicted molar refractivity (Wildman–Crippen MR) is 118 cm³/mol. The van der Waals surface area contributed by atoms with Gasteiger partial charge >= 0.3 is 5.63 Å². The fourth-order valence-electron chi connectivity index (χ4n) is 3.65. The largest absolute Gasteiger partial charge is 0.490 e. The second kappa shape index (κ2) is 13.4. The van der Waals surface area contributed by atoms with Gasteiger partial charge in [-0.2, -0.15) is 0 Å². The van der Waals surface area contributed by atoms with E-state index in [2.05, 4.69) is 13.8 Å². The smallest absolute Gasteiger partial charge is 0.346 e. The van der Waals surface area contributed by atoms with E-state index in [0.29, 0.717) is 17.8 Å². The van der Waals surface area contributed by atoms with Crippen molar-refractivity contribution < 1.29 is 13.5 Å². The molecule has 1 heterocycles. The van der Waals surface area contributed by atoms with Crippen molar-refractivity contribution in [1.82, 2.24) is 0 Å². The Bertz CT molecular complexity index is 781. The van der Waals surface area contributed by atoms with Crippen molar-refractivity contribution in [3.63, 3.8) is 0 Å². The second-order valence-corrected chi connectivity index (χ2v) is 7.98. The Morgan fingerprint density at radius 3 is 2.17 bits per heavy atom. The molecule has 2 aromatic rings. The highest BCUT2D eigenvalue weighted by atomic mass is 19.1. The van der Waals surface area contributed by atoms with Crippen molar-refractivity contribution in [2.24, 2.45) is 0 Å². The molecule has 0 unspecified atom stereocenters. The summed E-state index contributed by atoms with van der Waals surface area (Å²) in [7, 11) is 0. The predicted octanol–water partition coefficient (Wildman–Crippen LogP) is 7.57. The first-order valence-corrected chi connectivity index (χ1v) is 11.5. The summed E-state index contributed by atoms with van der Waals surface area (Å²) in [5.74, 6) is 0.170. The summed E-state index contributed by atoms with van der Waals surface area (Å²) in [5.41, 5.74) is -0.606. The standard InChI is InChI=1S/C25H37FO3/c1-3-5-7-9-10-11-12-13-15-21-19-20-16-17-22(28-18-14-8-6-4-2)24(26)23(20)25(27)29-21/h16-17,19H,3-15,18H2,1-2H3. The molecular weight excluding hydrogens is 367 g/mol. The number of fused-ring (bicyclic) bond motifs is 1. The van der Waals surface area contributed by atoms with E-state index in [1.807, 2.05) is 0 Å². The number of hydrogen-bond donors (Lipinski definition) is 0. The highest BCUT2D eigenvalue weighted by Crippen LogP contribution is 2.25. The van der Waals surface area contributed by atoms with Gasteiger partial charge in [-0.1, -0.05) is 84.1 Å². The first-order valence-electron chi connectivity index (χ1n) is 11.5. The first-order chi connectivity index (χ1) is 14.2. The van der Waals surface area contributed by atoms with Crippen LogP contribution >= 0.6 is 0 Å². The van der Waals surface area contributed by atoms with E-state index >= 15 is 0 Å². The van der Waals surface area contributed by atoms with Crippen LogP contribution in [0.25, 0.3) is 10.8 Å². The van der Waals surface area contributed by atoms with Gasteiger partial charge in [0.1, 0.15) is 11.1 Å². The van der Waals surface area contributed by atoms with Gasteiger partial charge in [0, 0.05) is 6.42 Å². The molecule has 1 aromatic heterocycles.